The number of carbonyl (C=O) groups is 1. The summed E-state index contributed by atoms with van der Waals surface area (Å²) in [7, 11) is 0. The van der Waals surface area contributed by atoms with Crippen molar-refractivity contribution in [2.24, 2.45) is 0 Å². The first kappa shape index (κ1) is 16.7. The maximum Gasteiger partial charge on any atom is 0.328 e. The highest BCUT2D eigenvalue weighted by Gasteiger charge is 2.09. The van der Waals surface area contributed by atoms with Crippen LogP contribution in [0, 0.1) is 0 Å². The maximum atomic E-state index is 10.7. The number of hydrogen-bond donors (Lipinski definition) is 1. The molecule has 1 aromatic carbocycles. The highest BCUT2D eigenvalue weighted by Crippen LogP contribution is 2.25. The summed E-state index contributed by atoms with van der Waals surface area (Å²) in [4.78, 5) is 12.9. The van der Waals surface area contributed by atoms with Crippen LogP contribution in [0.2, 0.25) is 0 Å². The topological polar surface area (TPSA) is 49.8 Å². The van der Waals surface area contributed by atoms with E-state index in [0.717, 1.165) is 34.9 Å². The van der Waals surface area contributed by atoms with E-state index in [2.05, 4.69) is 27.8 Å². The number of carboxylic acids is 1. The van der Waals surface area contributed by atoms with Gasteiger partial charge >= 0.3 is 5.97 Å². The molecule has 4 nitrogen and oxygen atoms in total. The molecule has 5 heteroatoms. The fourth-order valence-electron chi connectivity index (χ4n) is 1.88. The highest BCUT2D eigenvalue weighted by atomic mass is 79.9. The fraction of sp³-hybridized carbons (Fsp3) is 0.400. The Labute approximate surface area is 128 Å². The molecule has 0 amide bonds. The molecule has 1 aromatic rings. The number of rotatable bonds is 8. The van der Waals surface area contributed by atoms with E-state index in [-0.39, 0.29) is 0 Å². The van der Waals surface area contributed by atoms with Crippen LogP contribution >= 0.6 is 15.9 Å². The third kappa shape index (κ3) is 5.35. The number of aliphatic carboxylic acids is 1. The Morgan fingerprint density at radius 3 is 2.80 bits per heavy atom. The second-order valence-electron chi connectivity index (χ2n) is 4.15. The molecule has 0 aliphatic rings. The third-order valence-corrected chi connectivity index (χ3v) is 3.32. The van der Waals surface area contributed by atoms with Gasteiger partial charge in [-0.15, -0.1) is 0 Å². The summed E-state index contributed by atoms with van der Waals surface area (Å²) in [5, 5.41) is 8.77. The lowest BCUT2D eigenvalue weighted by Crippen LogP contribution is -2.27. The lowest BCUT2D eigenvalue weighted by atomic mass is 10.1. The zero-order chi connectivity index (χ0) is 15.0. The van der Waals surface area contributed by atoms with E-state index in [0.29, 0.717) is 13.2 Å². The SMILES string of the molecule is CCOCCN(CC)c1ccc(Br)cc1/C=C/C(=O)O. The summed E-state index contributed by atoms with van der Waals surface area (Å²) in [5.41, 5.74) is 1.88. The first-order chi connectivity index (χ1) is 9.58. The van der Waals surface area contributed by atoms with Crippen molar-refractivity contribution in [3.8, 4) is 0 Å². The average Bonchev–Trinajstić information content (AvgIpc) is 2.42. The summed E-state index contributed by atoms with van der Waals surface area (Å²) in [6.07, 6.45) is 2.77. The summed E-state index contributed by atoms with van der Waals surface area (Å²) in [6.45, 7) is 7.00. The van der Waals surface area contributed by atoms with Gasteiger partial charge in [-0.2, -0.15) is 0 Å². The Hall–Kier alpha value is -1.33. The zero-order valence-corrected chi connectivity index (χ0v) is 13.4. The predicted octanol–water partition coefficient (Wildman–Crippen LogP) is 3.41. The van der Waals surface area contributed by atoms with Crippen LogP contribution < -0.4 is 4.90 Å². The van der Waals surface area contributed by atoms with Gasteiger partial charge in [0.15, 0.2) is 0 Å². The lowest BCUT2D eigenvalue weighted by Gasteiger charge is -2.25. The van der Waals surface area contributed by atoms with Gasteiger partial charge in [-0.3, -0.25) is 0 Å². The van der Waals surface area contributed by atoms with Crippen LogP contribution in [0.4, 0.5) is 5.69 Å². The van der Waals surface area contributed by atoms with Crippen molar-refractivity contribution in [2.45, 2.75) is 13.8 Å². The minimum absolute atomic E-state index is 0.655. The van der Waals surface area contributed by atoms with E-state index < -0.39 is 5.97 Å². The van der Waals surface area contributed by atoms with Crippen LogP contribution in [-0.2, 0) is 9.53 Å². The normalized spacial score (nSPS) is 10.9. The smallest absolute Gasteiger partial charge is 0.328 e. The number of likely N-dealkylation sites (N-methyl/N-ethyl adjacent to an activating group) is 1. The molecule has 1 N–H and O–H groups in total. The zero-order valence-electron chi connectivity index (χ0n) is 11.8. The van der Waals surface area contributed by atoms with Crippen molar-refractivity contribution in [1.82, 2.24) is 0 Å². The molecule has 0 fully saturated rings. The number of anilines is 1. The Balaban J connectivity index is 2.98. The largest absolute Gasteiger partial charge is 0.478 e. The molecule has 20 heavy (non-hydrogen) atoms. The summed E-state index contributed by atoms with van der Waals surface area (Å²) in [5.74, 6) is -0.951. The van der Waals surface area contributed by atoms with E-state index in [1.165, 1.54) is 0 Å². The second-order valence-corrected chi connectivity index (χ2v) is 5.07. The molecule has 0 atom stereocenters. The van der Waals surface area contributed by atoms with Gasteiger partial charge < -0.3 is 14.7 Å². The van der Waals surface area contributed by atoms with Gasteiger partial charge in [-0.25, -0.2) is 4.79 Å². The summed E-state index contributed by atoms with van der Waals surface area (Å²) >= 11 is 3.41. The Kier molecular flexibility index (Phi) is 7.33. The van der Waals surface area contributed by atoms with Gasteiger partial charge in [0.1, 0.15) is 0 Å². The Bertz CT molecular complexity index is 474. The molecule has 0 aliphatic carbocycles. The molecule has 0 saturated heterocycles. The highest BCUT2D eigenvalue weighted by molar-refractivity contribution is 9.10. The second kappa shape index (κ2) is 8.76. The average molecular weight is 342 g/mol. The number of halogens is 1. The molecule has 0 aromatic heterocycles. The van der Waals surface area contributed by atoms with Crippen LogP contribution in [-0.4, -0.2) is 37.4 Å². The van der Waals surface area contributed by atoms with Crippen molar-refractivity contribution in [3.05, 3.63) is 34.3 Å². The van der Waals surface area contributed by atoms with Gasteiger partial charge in [0, 0.05) is 35.9 Å². The molecule has 0 spiro atoms. The minimum Gasteiger partial charge on any atom is -0.478 e. The standard InChI is InChI=1S/C15H20BrNO3/c1-3-17(9-10-20-4-2)14-7-6-13(16)11-12(14)5-8-15(18)19/h5-8,11H,3-4,9-10H2,1-2H3,(H,18,19)/b8-5+. The molecule has 0 unspecified atom stereocenters. The van der Waals surface area contributed by atoms with Crippen molar-refractivity contribution >= 4 is 33.7 Å². The van der Waals surface area contributed by atoms with E-state index in [9.17, 15) is 4.79 Å². The van der Waals surface area contributed by atoms with Gasteiger partial charge in [0.05, 0.1) is 6.61 Å². The molecule has 110 valence electrons. The maximum absolute atomic E-state index is 10.7. The molecule has 0 bridgehead atoms. The van der Waals surface area contributed by atoms with E-state index in [4.69, 9.17) is 9.84 Å². The van der Waals surface area contributed by atoms with Crippen LogP contribution in [0.5, 0.6) is 0 Å². The molecule has 0 radical (unpaired) electrons. The molecule has 1 rings (SSSR count). The van der Waals surface area contributed by atoms with Gasteiger partial charge in [0.2, 0.25) is 0 Å². The third-order valence-electron chi connectivity index (χ3n) is 2.83. The van der Waals surface area contributed by atoms with Crippen molar-refractivity contribution in [2.75, 3.05) is 31.2 Å². The van der Waals surface area contributed by atoms with Crippen molar-refractivity contribution in [3.63, 3.8) is 0 Å². The number of nitrogens with zero attached hydrogens (tertiary/aromatic N) is 1. The van der Waals surface area contributed by atoms with Crippen molar-refractivity contribution < 1.29 is 14.6 Å². The van der Waals surface area contributed by atoms with Gasteiger partial charge in [0.25, 0.3) is 0 Å². The van der Waals surface area contributed by atoms with Crippen LogP contribution in [0.1, 0.15) is 19.4 Å². The van der Waals surface area contributed by atoms with Gasteiger partial charge in [-0.1, -0.05) is 15.9 Å². The van der Waals surface area contributed by atoms with Gasteiger partial charge in [-0.05, 0) is 43.7 Å². The van der Waals surface area contributed by atoms with E-state index in [1.54, 1.807) is 6.08 Å². The molecule has 0 heterocycles. The van der Waals surface area contributed by atoms with Crippen LogP contribution in [0.3, 0.4) is 0 Å². The fourth-order valence-corrected chi connectivity index (χ4v) is 2.25. The predicted molar refractivity (Wildman–Crippen MR) is 85.2 cm³/mol. The van der Waals surface area contributed by atoms with Crippen LogP contribution in [0.15, 0.2) is 28.7 Å². The molecule has 0 saturated carbocycles. The minimum atomic E-state index is -0.951. The Morgan fingerprint density at radius 2 is 2.20 bits per heavy atom. The van der Waals surface area contributed by atoms with Crippen LogP contribution in [0.25, 0.3) is 6.08 Å². The first-order valence-electron chi connectivity index (χ1n) is 6.61. The molecule has 0 aliphatic heterocycles. The van der Waals surface area contributed by atoms with E-state index >= 15 is 0 Å². The summed E-state index contributed by atoms with van der Waals surface area (Å²) in [6, 6.07) is 5.86. The number of ether oxygens (including phenoxy) is 1. The monoisotopic (exact) mass is 341 g/mol. The van der Waals surface area contributed by atoms with Crippen molar-refractivity contribution in [1.29, 1.82) is 0 Å². The number of hydrogen-bond acceptors (Lipinski definition) is 3. The molecular weight excluding hydrogens is 322 g/mol. The van der Waals surface area contributed by atoms with E-state index in [1.807, 2.05) is 25.1 Å². The Morgan fingerprint density at radius 1 is 1.45 bits per heavy atom. The number of benzene rings is 1. The summed E-state index contributed by atoms with van der Waals surface area (Å²) < 4.78 is 6.31. The number of carboxylic acid groups (broad SMARTS) is 1. The quantitative estimate of drug-likeness (QED) is 0.581. The first-order valence-corrected chi connectivity index (χ1v) is 7.41. The lowest BCUT2D eigenvalue weighted by molar-refractivity contribution is -0.131. The molecular formula is C15H20BrNO3.